The molecule has 0 saturated carbocycles. The topological polar surface area (TPSA) is 67.0 Å². The minimum Gasteiger partial charge on any atom is -0.483 e. The maximum Gasteiger partial charge on any atom is 0.258 e. The highest BCUT2D eigenvalue weighted by molar-refractivity contribution is 7.98. The number of benzene rings is 2. The zero-order valence-electron chi connectivity index (χ0n) is 17.5. The van der Waals surface area contributed by atoms with Crippen LogP contribution in [0.5, 0.6) is 5.75 Å². The number of rotatable bonds is 9. The van der Waals surface area contributed by atoms with Crippen LogP contribution in [0.3, 0.4) is 0 Å². The van der Waals surface area contributed by atoms with E-state index in [1.54, 1.807) is 11.8 Å². The summed E-state index contributed by atoms with van der Waals surface area (Å²) in [6.45, 7) is 6.26. The van der Waals surface area contributed by atoms with Crippen molar-refractivity contribution < 1.29 is 9.53 Å². The SMILES string of the molecule is CSCCC(NC(=O)COc1cc(C)ccc1C(C)C)c1nc2ccccc2[nH]1. The maximum absolute atomic E-state index is 12.7. The van der Waals surface area contributed by atoms with Crippen LogP contribution in [0.2, 0.25) is 0 Å². The molecular formula is C23H29N3O2S. The van der Waals surface area contributed by atoms with Gasteiger partial charge in [0.15, 0.2) is 6.61 Å². The number of imidazole rings is 1. The summed E-state index contributed by atoms with van der Waals surface area (Å²) in [5, 5.41) is 3.09. The standard InChI is InChI=1S/C23H29N3O2S/c1-15(2)17-10-9-16(3)13-21(17)28-14-22(27)24-20(11-12-29-4)23-25-18-7-5-6-8-19(18)26-23/h5-10,13,15,20H,11-12,14H2,1-4H3,(H,24,27)(H,25,26). The van der Waals surface area contributed by atoms with E-state index in [1.165, 1.54) is 0 Å². The van der Waals surface area contributed by atoms with Gasteiger partial charge in [-0.3, -0.25) is 4.79 Å². The molecule has 1 aromatic heterocycles. The zero-order valence-corrected chi connectivity index (χ0v) is 18.3. The summed E-state index contributed by atoms with van der Waals surface area (Å²) in [6, 6.07) is 13.9. The highest BCUT2D eigenvalue weighted by Crippen LogP contribution is 2.27. The third kappa shape index (κ3) is 5.54. The Morgan fingerprint density at radius 2 is 2.03 bits per heavy atom. The van der Waals surface area contributed by atoms with E-state index in [2.05, 4.69) is 47.5 Å². The van der Waals surface area contributed by atoms with Gasteiger partial charge < -0.3 is 15.0 Å². The molecule has 154 valence electrons. The lowest BCUT2D eigenvalue weighted by atomic mass is 10.0. The molecule has 0 aliphatic rings. The Morgan fingerprint density at radius 1 is 1.24 bits per heavy atom. The van der Waals surface area contributed by atoms with Crippen LogP contribution in [-0.4, -0.2) is 34.5 Å². The average Bonchev–Trinajstić information content (AvgIpc) is 3.13. The van der Waals surface area contributed by atoms with E-state index in [9.17, 15) is 4.79 Å². The van der Waals surface area contributed by atoms with E-state index in [-0.39, 0.29) is 18.6 Å². The number of nitrogens with zero attached hydrogens (tertiary/aromatic N) is 1. The molecule has 1 heterocycles. The van der Waals surface area contributed by atoms with Crippen LogP contribution in [0.4, 0.5) is 0 Å². The van der Waals surface area contributed by atoms with Gasteiger partial charge in [-0.1, -0.05) is 38.1 Å². The number of H-pyrrole nitrogens is 1. The Labute approximate surface area is 176 Å². The van der Waals surface area contributed by atoms with Crippen molar-refractivity contribution in [1.29, 1.82) is 0 Å². The number of carbonyl (C=O) groups is 1. The Morgan fingerprint density at radius 3 is 2.76 bits per heavy atom. The molecule has 0 spiro atoms. The predicted molar refractivity (Wildman–Crippen MR) is 121 cm³/mol. The molecule has 1 unspecified atom stereocenters. The third-order valence-electron chi connectivity index (χ3n) is 4.83. The van der Waals surface area contributed by atoms with E-state index in [0.29, 0.717) is 5.92 Å². The first-order chi connectivity index (χ1) is 14.0. The summed E-state index contributed by atoms with van der Waals surface area (Å²) in [4.78, 5) is 20.7. The van der Waals surface area contributed by atoms with Gasteiger partial charge in [0.2, 0.25) is 0 Å². The minimum atomic E-state index is -0.173. The van der Waals surface area contributed by atoms with Crippen molar-refractivity contribution in [2.24, 2.45) is 0 Å². The van der Waals surface area contributed by atoms with Crippen LogP contribution in [0.15, 0.2) is 42.5 Å². The maximum atomic E-state index is 12.7. The Hall–Kier alpha value is -2.47. The molecule has 0 aliphatic carbocycles. The van der Waals surface area contributed by atoms with Crippen LogP contribution in [0.1, 0.15) is 49.2 Å². The van der Waals surface area contributed by atoms with Crippen molar-refractivity contribution in [1.82, 2.24) is 15.3 Å². The van der Waals surface area contributed by atoms with Gasteiger partial charge in [-0.2, -0.15) is 11.8 Å². The number of aromatic amines is 1. The molecule has 3 aromatic rings. The second-order valence-electron chi connectivity index (χ2n) is 7.53. The number of aryl methyl sites for hydroxylation is 1. The normalized spacial score (nSPS) is 12.3. The summed E-state index contributed by atoms with van der Waals surface area (Å²) in [5.41, 5.74) is 4.11. The largest absolute Gasteiger partial charge is 0.483 e. The number of nitrogens with one attached hydrogen (secondary N) is 2. The van der Waals surface area contributed by atoms with Gasteiger partial charge in [0.1, 0.15) is 11.6 Å². The van der Waals surface area contributed by atoms with Crippen LogP contribution in [0, 0.1) is 6.92 Å². The Balaban J connectivity index is 1.70. The first-order valence-electron chi connectivity index (χ1n) is 9.94. The number of para-hydroxylation sites is 2. The van der Waals surface area contributed by atoms with Gasteiger partial charge in [-0.25, -0.2) is 4.98 Å². The molecule has 0 radical (unpaired) electrons. The molecule has 6 heteroatoms. The quantitative estimate of drug-likeness (QED) is 0.521. The van der Waals surface area contributed by atoms with E-state index >= 15 is 0 Å². The molecule has 29 heavy (non-hydrogen) atoms. The minimum absolute atomic E-state index is 0.0147. The van der Waals surface area contributed by atoms with E-state index in [0.717, 1.165) is 45.9 Å². The number of hydrogen-bond donors (Lipinski definition) is 2. The fraction of sp³-hybridized carbons (Fsp3) is 0.391. The number of hydrogen-bond acceptors (Lipinski definition) is 4. The molecule has 3 rings (SSSR count). The molecular weight excluding hydrogens is 382 g/mol. The average molecular weight is 412 g/mol. The van der Waals surface area contributed by atoms with Crippen molar-refractivity contribution in [3.63, 3.8) is 0 Å². The summed E-state index contributed by atoms with van der Waals surface area (Å²) in [7, 11) is 0. The molecule has 0 fully saturated rings. The molecule has 0 bridgehead atoms. The number of ether oxygens (including phenoxy) is 1. The van der Waals surface area contributed by atoms with Gasteiger partial charge in [-0.15, -0.1) is 0 Å². The smallest absolute Gasteiger partial charge is 0.258 e. The lowest BCUT2D eigenvalue weighted by molar-refractivity contribution is -0.123. The van der Waals surface area contributed by atoms with Crippen LogP contribution >= 0.6 is 11.8 Å². The second-order valence-corrected chi connectivity index (χ2v) is 8.51. The molecule has 2 N–H and O–H groups in total. The van der Waals surface area contributed by atoms with E-state index in [4.69, 9.17) is 4.74 Å². The highest BCUT2D eigenvalue weighted by Gasteiger charge is 2.19. The van der Waals surface area contributed by atoms with Gasteiger partial charge in [0.05, 0.1) is 17.1 Å². The Kier molecular flexibility index (Phi) is 7.20. The number of amides is 1. The van der Waals surface area contributed by atoms with Gasteiger partial charge in [0, 0.05) is 0 Å². The van der Waals surface area contributed by atoms with Crippen molar-refractivity contribution in [2.45, 2.75) is 39.2 Å². The van der Waals surface area contributed by atoms with E-state index < -0.39 is 0 Å². The monoisotopic (exact) mass is 411 g/mol. The van der Waals surface area contributed by atoms with Gasteiger partial charge >= 0.3 is 0 Å². The van der Waals surface area contributed by atoms with Crippen LogP contribution in [0.25, 0.3) is 11.0 Å². The summed E-state index contributed by atoms with van der Waals surface area (Å²) < 4.78 is 5.89. The van der Waals surface area contributed by atoms with Crippen LogP contribution < -0.4 is 10.1 Å². The van der Waals surface area contributed by atoms with Crippen molar-refractivity contribution in [3.05, 3.63) is 59.4 Å². The Bertz CT molecular complexity index is 935. The molecule has 0 aliphatic heterocycles. The zero-order chi connectivity index (χ0) is 20.8. The molecule has 5 nitrogen and oxygen atoms in total. The second kappa shape index (κ2) is 9.83. The summed E-state index contributed by atoms with van der Waals surface area (Å²) >= 11 is 1.75. The first kappa shape index (κ1) is 21.2. The predicted octanol–water partition coefficient (Wildman–Crippen LogP) is 4.98. The van der Waals surface area contributed by atoms with Crippen molar-refractivity contribution >= 4 is 28.7 Å². The number of carbonyl (C=O) groups excluding carboxylic acids is 1. The number of aromatic nitrogens is 2. The fourth-order valence-electron chi connectivity index (χ4n) is 3.27. The first-order valence-corrected chi connectivity index (χ1v) is 11.3. The number of thioether (sulfide) groups is 1. The fourth-order valence-corrected chi connectivity index (χ4v) is 3.74. The third-order valence-corrected chi connectivity index (χ3v) is 5.48. The number of fused-ring (bicyclic) bond motifs is 1. The van der Waals surface area contributed by atoms with Crippen molar-refractivity contribution in [2.75, 3.05) is 18.6 Å². The van der Waals surface area contributed by atoms with Gasteiger partial charge in [-0.05, 0) is 60.6 Å². The van der Waals surface area contributed by atoms with Crippen LogP contribution in [-0.2, 0) is 4.79 Å². The molecule has 2 aromatic carbocycles. The summed E-state index contributed by atoms with van der Waals surface area (Å²) in [6.07, 6.45) is 2.86. The lowest BCUT2D eigenvalue weighted by Gasteiger charge is -2.18. The molecule has 1 atom stereocenters. The molecule has 1 amide bonds. The summed E-state index contributed by atoms with van der Waals surface area (Å²) in [5.74, 6) is 2.68. The van der Waals surface area contributed by atoms with Gasteiger partial charge in [0.25, 0.3) is 5.91 Å². The molecule has 0 saturated heterocycles. The van der Waals surface area contributed by atoms with Crippen molar-refractivity contribution in [3.8, 4) is 5.75 Å². The van der Waals surface area contributed by atoms with E-state index in [1.807, 2.05) is 37.3 Å². The highest BCUT2D eigenvalue weighted by atomic mass is 32.2. The lowest BCUT2D eigenvalue weighted by Crippen LogP contribution is -2.33.